The summed E-state index contributed by atoms with van der Waals surface area (Å²) in [6.07, 6.45) is 9.56. The maximum Gasteiger partial charge on any atom is 0.290 e. The lowest BCUT2D eigenvalue weighted by molar-refractivity contribution is -0.122. The molecule has 248 valence electrons. The molecule has 1 amide bonds. The van der Waals surface area contributed by atoms with Gasteiger partial charge in [-0.15, -0.1) is 0 Å². The molecule has 0 fully saturated rings. The van der Waals surface area contributed by atoms with E-state index in [2.05, 4.69) is 10.4 Å². The van der Waals surface area contributed by atoms with Crippen molar-refractivity contribution in [1.29, 1.82) is 0 Å². The molecule has 3 heterocycles. The number of methoxy groups -OCH3 is 1. The first-order chi connectivity index (χ1) is 22.7. The molecule has 1 unspecified atom stereocenters. The van der Waals surface area contributed by atoms with Crippen molar-refractivity contribution in [3.8, 4) is 28.0 Å². The number of hydrogen-bond acceptors (Lipinski definition) is 7. The number of rotatable bonds is 9. The fourth-order valence-corrected chi connectivity index (χ4v) is 5.58. The molecule has 1 aliphatic carbocycles. The zero-order valence-corrected chi connectivity index (χ0v) is 26.6. The monoisotopic (exact) mass is 668 g/mol. The van der Waals surface area contributed by atoms with Gasteiger partial charge in [-0.1, -0.05) is 48.0 Å². The number of furan rings is 1. The number of allylic oxidation sites excluding steroid dienone is 3. The standard InChI is InChI=1S/C17H21ClFNO.C16H12FN3O3.CH2O2/c1-21-11-5-10-20-13-17(14-6-3-2-4-7-14)9-8-15(18)16(19)12-17;1-20-5-11-9-4-10(16(18)21)13(8-2-3-22-6-8)14(17)15(9)23-7-12(11)19-20;2-1-3/h2-4,6-8,12,20H,5,9-11,13H2,1H3;2-6H,7H2,1H3,(H2,18,21);1H,(H,2,3). The molecule has 4 N–H and O–H groups in total. The minimum atomic E-state index is -0.723. The molecule has 2 aliphatic rings. The van der Waals surface area contributed by atoms with E-state index in [0.29, 0.717) is 29.8 Å². The van der Waals surface area contributed by atoms with Gasteiger partial charge in [-0.2, -0.15) is 5.10 Å². The summed E-state index contributed by atoms with van der Waals surface area (Å²) in [4.78, 5) is 20.2. The molecule has 0 saturated heterocycles. The average molecular weight is 669 g/mol. The van der Waals surface area contributed by atoms with E-state index < -0.39 is 11.7 Å². The molecule has 4 aromatic rings. The zero-order valence-electron chi connectivity index (χ0n) is 25.8. The zero-order chi connectivity index (χ0) is 34.0. The first kappa shape index (κ1) is 35.1. The van der Waals surface area contributed by atoms with Crippen LogP contribution in [0.5, 0.6) is 5.75 Å². The van der Waals surface area contributed by atoms with Gasteiger partial charge in [-0.3, -0.25) is 14.3 Å². The highest BCUT2D eigenvalue weighted by molar-refractivity contribution is 6.31. The Kier molecular flexibility index (Phi) is 12.1. The molecule has 0 spiro atoms. The number of fused-ring (bicyclic) bond motifs is 3. The van der Waals surface area contributed by atoms with Gasteiger partial charge in [0, 0.05) is 61.2 Å². The number of halogens is 3. The summed E-state index contributed by atoms with van der Waals surface area (Å²) in [6.45, 7) is 2.16. The van der Waals surface area contributed by atoms with Crippen molar-refractivity contribution in [3.63, 3.8) is 0 Å². The van der Waals surface area contributed by atoms with Gasteiger partial charge >= 0.3 is 0 Å². The second-order valence-corrected chi connectivity index (χ2v) is 11.1. The van der Waals surface area contributed by atoms with Crippen molar-refractivity contribution in [1.82, 2.24) is 15.1 Å². The summed E-state index contributed by atoms with van der Waals surface area (Å²) in [5, 5.41) is 14.8. The van der Waals surface area contributed by atoms with E-state index in [1.165, 1.54) is 12.5 Å². The number of nitrogens with one attached hydrogen (secondary N) is 1. The van der Waals surface area contributed by atoms with Gasteiger partial charge in [-0.05, 0) is 43.2 Å². The fraction of sp³-hybridized carbons (Fsp3) is 0.265. The first-order valence-electron chi connectivity index (χ1n) is 14.6. The Labute approximate surface area is 275 Å². The minimum absolute atomic E-state index is 0.0722. The number of aryl methyl sites for hydroxylation is 1. The van der Waals surface area contributed by atoms with E-state index in [0.717, 1.165) is 30.7 Å². The molecule has 13 heteroatoms. The van der Waals surface area contributed by atoms with Crippen molar-refractivity contribution >= 4 is 24.0 Å². The Bertz CT molecular complexity index is 1740. The molecular formula is C34H35ClF2N4O6. The molecule has 1 atom stereocenters. The van der Waals surface area contributed by atoms with E-state index in [9.17, 15) is 9.18 Å². The van der Waals surface area contributed by atoms with Crippen LogP contribution in [0.2, 0.25) is 0 Å². The quantitative estimate of drug-likeness (QED) is 0.143. The van der Waals surface area contributed by atoms with Crippen LogP contribution in [0.1, 0.15) is 34.5 Å². The third kappa shape index (κ3) is 8.15. The summed E-state index contributed by atoms with van der Waals surface area (Å²) < 4.78 is 46.2. The average Bonchev–Trinajstić information content (AvgIpc) is 3.73. The highest BCUT2D eigenvalue weighted by atomic mass is 35.5. The van der Waals surface area contributed by atoms with E-state index in [1.807, 2.05) is 30.3 Å². The van der Waals surface area contributed by atoms with Crippen LogP contribution in [-0.2, 0) is 28.6 Å². The summed E-state index contributed by atoms with van der Waals surface area (Å²) >= 11 is 5.87. The van der Waals surface area contributed by atoms with Gasteiger partial charge in [0.25, 0.3) is 6.47 Å². The van der Waals surface area contributed by atoms with Crippen LogP contribution in [0.3, 0.4) is 0 Å². The van der Waals surface area contributed by atoms with Crippen LogP contribution in [0, 0.1) is 5.82 Å². The second-order valence-electron chi connectivity index (χ2n) is 10.7. The largest absolute Gasteiger partial charge is 0.483 e. The van der Waals surface area contributed by atoms with Crippen molar-refractivity contribution in [2.24, 2.45) is 12.8 Å². The minimum Gasteiger partial charge on any atom is -0.483 e. The Hall–Kier alpha value is -4.78. The molecular weight excluding hydrogens is 634 g/mol. The Morgan fingerprint density at radius 3 is 2.64 bits per heavy atom. The molecule has 6 rings (SSSR count). The number of aromatic nitrogens is 2. The molecule has 2 aromatic carbocycles. The molecule has 0 saturated carbocycles. The Morgan fingerprint density at radius 2 is 2.00 bits per heavy atom. The number of nitrogens with two attached hydrogens (primary N) is 1. The number of carboxylic acid groups (broad SMARTS) is 1. The number of carbonyl (C=O) groups is 2. The van der Waals surface area contributed by atoms with Crippen LogP contribution >= 0.6 is 11.6 Å². The second kappa shape index (κ2) is 16.2. The van der Waals surface area contributed by atoms with Crippen LogP contribution in [-0.4, -0.2) is 54.1 Å². The topological polar surface area (TPSA) is 142 Å². The number of carbonyl (C=O) groups excluding carboxylic acids is 1. The lowest BCUT2D eigenvalue weighted by Gasteiger charge is -2.33. The van der Waals surface area contributed by atoms with Gasteiger partial charge in [-0.25, -0.2) is 8.78 Å². The van der Waals surface area contributed by atoms with E-state index in [1.54, 1.807) is 49.3 Å². The first-order valence-corrected chi connectivity index (χ1v) is 15.0. The number of ether oxygens (including phenoxy) is 2. The third-order valence-corrected chi connectivity index (χ3v) is 7.95. The Balaban J connectivity index is 0.000000197. The summed E-state index contributed by atoms with van der Waals surface area (Å²) in [5.41, 5.74) is 8.64. The number of nitrogens with zero attached hydrogens (tertiary/aromatic N) is 2. The lowest BCUT2D eigenvalue weighted by atomic mass is 9.75. The molecule has 47 heavy (non-hydrogen) atoms. The number of benzene rings is 2. The number of primary amides is 1. The van der Waals surface area contributed by atoms with Crippen LogP contribution in [0.25, 0.3) is 22.3 Å². The highest BCUT2D eigenvalue weighted by Gasteiger charge is 2.33. The van der Waals surface area contributed by atoms with Crippen molar-refractivity contribution < 1.29 is 37.4 Å². The smallest absolute Gasteiger partial charge is 0.290 e. The maximum absolute atomic E-state index is 15.0. The van der Waals surface area contributed by atoms with Gasteiger partial charge < -0.3 is 30.0 Å². The summed E-state index contributed by atoms with van der Waals surface area (Å²) in [6, 6.07) is 13.1. The van der Waals surface area contributed by atoms with E-state index in [-0.39, 0.29) is 46.2 Å². The summed E-state index contributed by atoms with van der Waals surface area (Å²) in [5.74, 6) is -1.61. The van der Waals surface area contributed by atoms with Gasteiger partial charge in [0.05, 0.1) is 23.1 Å². The maximum atomic E-state index is 15.0. The molecule has 2 aromatic heterocycles. The lowest BCUT2D eigenvalue weighted by Crippen LogP contribution is -2.38. The van der Waals surface area contributed by atoms with E-state index >= 15 is 4.39 Å². The number of amides is 1. The van der Waals surface area contributed by atoms with Gasteiger partial charge in [0.1, 0.15) is 18.1 Å². The van der Waals surface area contributed by atoms with Gasteiger partial charge in [0.2, 0.25) is 5.91 Å². The van der Waals surface area contributed by atoms with Crippen molar-refractivity contribution in [2.45, 2.75) is 24.9 Å². The van der Waals surface area contributed by atoms with Gasteiger partial charge in [0.15, 0.2) is 11.6 Å². The van der Waals surface area contributed by atoms with E-state index in [4.69, 9.17) is 41.1 Å². The van der Waals surface area contributed by atoms with Crippen LogP contribution in [0.4, 0.5) is 8.78 Å². The Morgan fingerprint density at radius 1 is 1.26 bits per heavy atom. The molecule has 0 radical (unpaired) electrons. The number of hydrogen-bond donors (Lipinski definition) is 3. The SMILES string of the molecule is COCCCNCC1(c2ccccc2)C=C(F)C(Cl)=CC1.Cn1cc2c(n1)COc1c-2cc(C(N)=O)c(-c2ccoc2)c1F.O=CO. The molecule has 10 nitrogen and oxygen atoms in total. The third-order valence-electron chi connectivity index (χ3n) is 7.61. The van der Waals surface area contributed by atoms with Crippen LogP contribution < -0.4 is 15.8 Å². The summed E-state index contributed by atoms with van der Waals surface area (Å²) in [7, 11) is 3.46. The predicted octanol–water partition coefficient (Wildman–Crippen LogP) is 6.11. The van der Waals surface area contributed by atoms with Crippen molar-refractivity contribution in [2.75, 3.05) is 26.8 Å². The highest BCUT2D eigenvalue weighted by Crippen LogP contribution is 2.44. The molecule has 1 aliphatic heterocycles. The predicted molar refractivity (Wildman–Crippen MR) is 173 cm³/mol. The normalized spacial score (nSPS) is 16.1. The molecule has 0 bridgehead atoms. The van der Waals surface area contributed by atoms with Crippen molar-refractivity contribution in [3.05, 3.63) is 107 Å². The fourth-order valence-electron chi connectivity index (χ4n) is 5.45. The van der Waals surface area contributed by atoms with Crippen LogP contribution in [0.15, 0.2) is 88.6 Å².